The van der Waals surface area contributed by atoms with Crippen molar-refractivity contribution < 1.29 is 23.8 Å². The Morgan fingerprint density at radius 1 is 1.17 bits per heavy atom. The quantitative estimate of drug-likeness (QED) is 0.589. The first-order chi connectivity index (χ1) is 11.5. The highest BCUT2D eigenvalue weighted by Gasteiger charge is 2.36. The summed E-state index contributed by atoms with van der Waals surface area (Å²) in [6.07, 6.45) is 1.68. The zero-order chi connectivity index (χ0) is 17.7. The summed E-state index contributed by atoms with van der Waals surface area (Å²) < 4.78 is 15.0. The fourth-order valence-electron chi connectivity index (χ4n) is 2.55. The third-order valence-electron chi connectivity index (χ3n) is 3.85. The van der Waals surface area contributed by atoms with Gasteiger partial charge in [0.2, 0.25) is 0 Å². The topological polar surface area (TPSA) is 65.1 Å². The minimum absolute atomic E-state index is 0.235. The number of rotatable bonds is 6. The first-order valence-electron chi connectivity index (χ1n) is 7.49. The number of nitrogens with zero attached hydrogens (tertiary/aromatic N) is 1. The number of carbonyl (C=O) groups excluding carboxylic acids is 2. The van der Waals surface area contributed by atoms with E-state index < -0.39 is 5.97 Å². The summed E-state index contributed by atoms with van der Waals surface area (Å²) in [5.41, 5.74) is 1.97. The highest BCUT2D eigenvalue weighted by Crippen LogP contribution is 2.31. The van der Waals surface area contributed by atoms with Gasteiger partial charge in [-0.1, -0.05) is 12.1 Å². The lowest BCUT2D eigenvalue weighted by Crippen LogP contribution is -2.28. The number of benzene rings is 1. The molecule has 0 saturated heterocycles. The maximum Gasteiger partial charge on any atom is 0.340 e. The van der Waals surface area contributed by atoms with Gasteiger partial charge in [-0.05, 0) is 30.7 Å². The van der Waals surface area contributed by atoms with Crippen LogP contribution in [0.4, 0.5) is 0 Å². The van der Waals surface area contributed by atoms with Gasteiger partial charge in [0.25, 0.3) is 5.91 Å². The Labute approximate surface area is 141 Å². The summed E-state index contributed by atoms with van der Waals surface area (Å²) in [5, 5.41) is 0. The van der Waals surface area contributed by atoms with E-state index in [0.29, 0.717) is 24.4 Å². The van der Waals surface area contributed by atoms with Crippen LogP contribution in [-0.4, -0.2) is 51.3 Å². The van der Waals surface area contributed by atoms with E-state index in [4.69, 9.17) is 14.2 Å². The number of ether oxygens (including phenoxy) is 3. The number of amides is 1. The van der Waals surface area contributed by atoms with E-state index in [-0.39, 0.29) is 11.5 Å². The Bertz CT molecular complexity index is 688. The fourth-order valence-corrected chi connectivity index (χ4v) is 2.55. The van der Waals surface area contributed by atoms with Crippen LogP contribution >= 0.6 is 0 Å². The SMILES string of the molecule is COCCN1C(=O)/C(=C/c2ccc(OC)cc2)C(C(=O)OC)=C1C. The lowest BCUT2D eigenvalue weighted by molar-refractivity contribution is -0.136. The van der Waals surface area contributed by atoms with Crippen molar-refractivity contribution in [1.82, 2.24) is 4.90 Å². The molecule has 0 aliphatic carbocycles. The highest BCUT2D eigenvalue weighted by atomic mass is 16.5. The van der Waals surface area contributed by atoms with E-state index >= 15 is 0 Å². The average Bonchev–Trinajstić information content (AvgIpc) is 2.83. The number of methoxy groups -OCH3 is 3. The average molecular weight is 331 g/mol. The molecule has 0 atom stereocenters. The van der Waals surface area contributed by atoms with E-state index in [2.05, 4.69) is 0 Å². The highest BCUT2D eigenvalue weighted by molar-refractivity contribution is 6.16. The van der Waals surface area contributed by atoms with Crippen molar-refractivity contribution in [2.75, 3.05) is 34.5 Å². The largest absolute Gasteiger partial charge is 0.497 e. The van der Waals surface area contributed by atoms with E-state index in [1.165, 1.54) is 12.0 Å². The molecule has 0 saturated carbocycles. The number of allylic oxidation sites excluding steroid dienone is 1. The molecule has 0 radical (unpaired) electrons. The number of esters is 1. The fraction of sp³-hybridized carbons (Fsp3) is 0.333. The number of hydrogen-bond acceptors (Lipinski definition) is 5. The molecule has 0 bridgehead atoms. The standard InChI is InChI=1S/C18H21NO5/c1-12-16(18(21)24-4)15(17(20)19(12)9-10-22-2)11-13-5-7-14(23-3)8-6-13/h5-8,11H,9-10H2,1-4H3/b15-11+. The van der Waals surface area contributed by atoms with Crippen molar-refractivity contribution in [1.29, 1.82) is 0 Å². The van der Waals surface area contributed by atoms with E-state index in [9.17, 15) is 9.59 Å². The van der Waals surface area contributed by atoms with Gasteiger partial charge < -0.3 is 19.1 Å². The summed E-state index contributed by atoms with van der Waals surface area (Å²) >= 11 is 0. The van der Waals surface area contributed by atoms with Crippen molar-refractivity contribution in [2.24, 2.45) is 0 Å². The molecule has 6 heteroatoms. The minimum atomic E-state index is -0.527. The van der Waals surface area contributed by atoms with Gasteiger partial charge >= 0.3 is 5.97 Å². The maximum absolute atomic E-state index is 12.7. The van der Waals surface area contributed by atoms with Gasteiger partial charge in [-0.25, -0.2) is 4.79 Å². The summed E-state index contributed by atoms with van der Waals surface area (Å²) in [5.74, 6) is -0.0437. The molecule has 1 aromatic carbocycles. The zero-order valence-electron chi connectivity index (χ0n) is 14.3. The molecule has 1 heterocycles. The molecule has 0 aromatic heterocycles. The van der Waals surface area contributed by atoms with Crippen LogP contribution in [0.2, 0.25) is 0 Å². The lowest BCUT2D eigenvalue weighted by Gasteiger charge is -2.16. The van der Waals surface area contributed by atoms with Crippen LogP contribution in [0.1, 0.15) is 12.5 Å². The van der Waals surface area contributed by atoms with Crippen LogP contribution in [0, 0.1) is 0 Å². The summed E-state index contributed by atoms with van der Waals surface area (Å²) in [7, 11) is 4.45. The monoisotopic (exact) mass is 331 g/mol. The van der Waals surface area contributed by atoms with Crippen molar-refractivity contribution >= 4 is 18.0 Å². The first-order valence-corrected chi connectivity index (χ1v) is 7.49. The van der Waals surface area contributed by atoms with Crippen LogP contribution in [0.15, 0.2) is 41.1 Å². The molecule has 1 aliphatic rings. The Hall–Kier alpha value is -2.60. The van der Waals surface area contributed by atoms with E-state index in [1.54, 1.807) is 39.4 Å². The molecule has 0 fully saturated rings. The molecule has 2 rings (SSSR count). The normalized spacial score (nSPS) is 16.1. The van der Waals surface area contributed by atoms with Gasteiger partial charge in [0.15, 0.2) is 0 Å². The Kier molecular flexibility index (Phi) is 5.76. The lowest BCUT2D eigenvalue weighted by atomic mass is 10.0. The second kappa shape index (κ2) is 7.79. The molecule has 24 heavy (non-hydrogen) atoms. The van der Waals surface area contributed by atoms with Crippen LogP contribution in [0.3, 0.4) is 0 Å². The van der Waals surface area contributed by atoms with Crippen molar-refractivity contribution in [3.05, 3.63) is 46.7 Å². The van der Waals surface area contributed by atoms with Crippen molar-refractivity contribution in [3.63, 3.8) is 0 Å². The van der Waals surface area contributed by atoms with Crippen LogP contribution < -0.4 is 4.74 Å². The van der Waals surface area contributed by atoms with Crippen LogP contribution in [0.5, 0.6) is 5.75 Å². The van der Waals surface area contributed by atoms with Crippen molar-refractivity contribution in [3.8, 4) is 5.75 Å². The molecule has 128 valence electrons. The summed E-state index contributed by atoms with van der Waals surface area (Å²) in [4.78, 5) is 26.4. The molecule has 1 aliphatic heterocycles. The second-order valence-corrected chi connectivity index (χ2v) is 5.23. The molecule has 1 aromatic rings. The molecule has 0 unspecified atom stereocenters. The third-order valence-corrected chi connectivity index (χ3v) is 3.85. The smallest absolute Gasteiger partial charge is 0.340 e. The van der Waals surface area contributed by atoms with Gasteiger partial charge in [-0.3, -0.25) is 4.79 Å². The predicted octanol–water partition coefficient (Wildman–Crippen LogP) is 2.01. The van der Waals surface area contributed by atoms with Crippen LogP contribution in [-0.2, 0) is 19.1 Å². The predicted molar refractivity (Wildman–Crippen MR) is 89.3 cm³/mol. The van der Waals surface area contributed by atoms with E-state index in [0.717, 1.165) is 11.3 Å². The van der Waals surface area contributed by atoms with Gasteiger partial charge in [0.05, 0.1) is 32.0 Å². The van der Waals surface area contributed by atoms with Gasteiger partial charge in [0.1, 0.15) is 5.75 Å². The summed E-state index contributed by atoms with van der Waals surface area (Å²) in [6, 6.07) is 7.23. The van der Waals surface area contributed by atoms with E-state index in [1.807, 2.05) is 12.1 Å². The zero-order valence-corrected chi connectivity index (χ0v) is 14.3. The van der Waals surface area contributed by atoms with Gasteiger partial charge in [-0.15, -0.1) is 0 Å². The Balaban J connectivity index is 2.43. The minimum Gasteiger partial charge on any atom is -0.497 e. The Morgan fingerprint density at radius 2 is 1.83 bits per heavy atom. The summed E-state index contributed by atoms with van der Waals surface area (Å²) in [6.45, 7) is 2.49. The maximum atomic E-state index is 12.7. The molecular formula is C18H21NO5. The molecular weight excluding hydrogens is 310 g/mol. The molecule has 6 nitrogen and oxygen atoms in total. The van der Waals surface area contributed by atoms with Gasteiger partial charge in [0, 0.05) is 19.4 Å². The van der Waals surface area contributed by atoms with Gasteiger partial charge in [-0.2, -0.15) is 0 Å². The number of carbonyl (C=O) groups is 2. The molecule has 0 spiro atoms. The van der Waals surface area contributed by atoms with Crippen LogP contribution in [0.25, 0.3) is 6.08 Å². The third kappa shape index (κ3) is 3.49. The molecule has 1 amide bonds. The van der Waals surface area contributed by atoms with Crippen molar-refractivity contribution in [2.45, 2.75) is 6.92 Å². The first kappa shape index (κ1) is 17.7. The Morgan fingerprint density at radius 3 is 2.38 bits per heavy atom. The number of hydrogen-bond donors (Lipinski definition) is 0. The second-order valence-electron chi connectivity index (χ2n) is 5.23. The molecule has 0 N–H and O–H groups in total.